The summed E-state index contributed by atoms with van der Waals surface area (Å²) in [6, 6.07) is 10.6. The third-order valence-electron chi connectivity index (χ3n) is 6.40. The average molecular weight is 313 g/mol. The van der Waals surface area contributed by atoms with Gasteiger partial charge in [0.2, 0.25) is 0 Å². The zero-order chi connectivity index (χ0) is 15.6. The third kappa shape index (κ3) is 3.47. The molecule has 1 atom stereocenters. The Labute approximate surface area is 141 Å². The molecule has 0 saturated carbocycles. The lowest BCUT2D eigenvalue weighted by atomic mass is 10.1. The molecular formula is C20H31N3. The fourth-order valence-electron chi connectivity index (χ4n) is 4.82. The summed E-state index contributed by atoms with van der Waals surface area (Å²) in [5, 5.41) is 0. The van der Waals surface area contributed by atoms with Crippen molar-refractivity contribution < 1.29 is 0 Å². The molecule has 2 heterocycles. The number of fused-ring (bicyclic) bond motifs is 1. The first kappa shape index (κ1) is 15.6. The summed E-state index contributed by atoms with van der Waals surface area (Å²) in [6.07, 6.45) is 6.71. The molecule has 2 aliphatic heterocycles. The van der Waals surface area contributed by atoms with Crippen molar-refractivity contribution in [1.82, 2.24) is 14.7 Å². The predicted molar refractivity (Wildman–Crippen MR) is 95.9 cm³/mol. The molecule has 2 saturated heterocycles. The summed E-state index contributed by atoms with van der Waals surface area (Å²) in [4.78, 5) is 8.01. The summed E-state index contributed by atoms with van der Waals surface area (Å²) in [5.41, 5.74) is 3.17. The van der Waals surface area contributed by atoms with E-state index >= 15 is 0 Å². The number of rotatable bonds is 4. The molecule has 23 heavy (non-hydrogen) atoms. The number of piperazine rings is 1. The lowest BCUT2D eigenvalue weighted by molar-refractivity contribution is 0.0936. The van der Waals surface area contributed by atoms with E-state index < -0.39 is 0 Å². The molecule has 0 spiro atoms. The van der Waals surface area contributed by atoms with Gasteiger partial charge in [-0.2, -0.15) is 0 Å². The predicted octanol–water partition coefficient (Wildman–Crippen LogP) is 2.26. The monoisotopic (exact) mass is 313 g/mol. The highest BCUT2D eigenvalue weighted by Gasteiger charge is 2.29. The largest absolute Gasteiger partial charge is 0.303 e. The number of hydrogen-bond donors (Lipinski definition) is 0. The van der Waals surface area contributed by atoms with Crippen LogP contribution in [0.1, 0.15) is 30.4 Å². The summed E-state index contributed by atoms with van der Waals surface area (Å²) in [7, 11) is 2.30. The molecule has 1 aliphatic carbocycles. The Hall–Kier alpha value is -0.900. The van der Waals surface area contributed by atoms with E-state index in [0.717, 1.165) is 12.1 Å². The molecule has 0 radical (unpaired) electrons. The van der Waals surface area contributed by atoms with Crippen LogP contribution in [-0.2, 0) is 12.8 Å². The van der Waals surface area contributed by atoms with E-state index in [1.807, 2.05) is 0 Å². The van der Waals surface area contributed by atoms with E-state index in [-0.39, 0.29) is 0 Å². The summed E-state index contributed by atoms with van der Waals surface area (Å²) in [5.74, 6) is 0. The Morgan fingerprint density at radius 2 is 1.65 bits per heavy atom. The average Bonchev–Trinajstić information content (AvgIpc) is 3.19. The van der Waals surface area contributed by atoms with E-state index in [0.29, 0.717) is 0 Å². The lowest BCUT2D eigenvalue weighted by Crippen LogP contribution is -2.51. The molecule has 4 rings (SSSR count). The highest BCUT2D eigenvalue weighted by molar-refractivity contribution is 5.33. The Kier molecular flexibility index (Phi) is 4.70. The summed E-state index contributed by atoms with van der Waals surface area (Å²) >= 11 is 0. The third-order valence-corrected chi connectivity index (χ3v) is 6.40. The first-order chi connectivity index (χ1) is 11.3. The molecular weight excluding hydrogens is 282 g/mol. The SMILES string of the molecule is CN1CCC[C@@H]1CCN1CCN(C2Cc3ccccc3C2)CC1. The topological polar surface area (TPSA) is 9.72 Å². The van der Waals surface area contributed by atoms with Crippen molar-refractivity contribution in [2.45, 2.75) is 44.2 Å². The number of likely N-dealkylation sites (tertiary alicyclic amines) is 1. The first-order valence-corrected chi connectivity index (χ1v) is 9.53. The second-order valence-electron chi connectivity index (χ2n) is 7.77. The molecule has 0 aromatic heterocycles. The van der Waals surface area contributed by atoms with Crippen LogP contribution in [0.5, 0.6) is 0 Å². The standard InChI is InChI=1S/C20H31N3/c1-21-9-4-7-19(21)8-10-22-11-13-23(14-12-22)20-15-17-5-2-3-6-18(17)16-20/h2-3,5-6,19-20H,4,7-16H2,1H3/t19-/m1/s1. The lowest BCUT2D eigenvalue weighted by Gasteiger charge is -2.38. The smallest absolute Gasteiger partial charge is 0.0177 e. The van der Waals surface area contributed by atoms with Crippen molar-refractivity contribution in [2.24, 2.45) is 0 Å². The van der Waals surface area contributed by atoms with Crippen LogP contribution in [0.2, 0.25) is 0 Å². The van der Waals surface area contributed by atoms with E-state index in [2.05, 4.69) is 46.0 Å². The van der Waals surface area contributed by atoms with Crippen LogP contribution >= 0.6 is 0 Å². The first-order valence-electron chi connectivity index (χ1n) is 9.53. The molecule has 3 aliphatic rings. The Morgan fingerprint density at radius 3 is 2.26 bits per heavy atom. The maximum atomic E-state index is 2.75. The highest BCUT2D eigenvalue weighted by Crippen LogP contribution is 2.26. The number of hydrogen-bond acceptors (Lipinski definition) is 3. The second kappa shape index (κ2) is 6.92. The van der Waals surface area contributed by atoms with Crippen molar-refractivity contribution in [1.29, 1.82) is 0 Å². The van der Waals surface area contributed by atoms with E-state index in [4.69, 9.17) is 0 Å². The van der Waals surface area contributed by atoms with Crippen LogP contribution in [0.15, 0.2) is 24.3 Å². The van der Waals surface area contributed by atoms with Gasteiger partial charge in [0.15, 0.2) is 0 Å². The zero-order valence-electron chi connectivity index (χ0n) is 14.6. The van der Waals surface area contributed by atoms with Gasteiger partial charge in [0, 0.05) is 38.3 Å². The van der Waals surface area contributed by atoms with E-state index in [1.54, 1.807) is 11.1 Å². The highest BCUT2D eigenvalue weighted by atomic mass is 15.3. The van der Waals surface area contributed by atoms with Crippen molar-refractivity contribution in [3.8, 4) is 0 Å². The van der Waals surface area contributed by atoms with E-state index in [1.165, 1.54) is 71.4 Å². The number of nitrogens with zero attached hydrogens (tertiary/aromatic N) is 3. The van der Waals surface area contributed by atoms with Crippen LogP contribution in [0.25, 0.3) is 0 Å². The molecule has 0 unspecified atom stereocenters. The zero-order valence-corrected chi connectivity index (χ0v) is 14.6. The van der Waals surface area contributed by atoms with E-state index in [9.17, 15) is 0 Å². The van der Waals surface area contributed by atoms with Crippen molar-refractivity contribution >= 4 is 0 Å². The van der Waals surface area contributed by atoms with Gasteiger partial charge in [0.05, 0.1) is 0 Å². The quantitative estimate of drug-likeness (QED) is 0.844. The normalized spacial score (nSPS) is 27.6. The molecule has 1 aromatic carbocycles. The molecule has 0 amide bonds. The van der Waals surface area contributed by atoms with Crippen LogP contribution in [0, 0.1) is 0 Å². The molecule has 3 heteroatoms. The van der Waals surface area contributed by atoms with Gasteiger partial charge in [-0.25, -0.2) is 0 Å². The maximum Gasteiger partial charge on any atom is 0.0177 e. The Bertz CT molecular complexity index is 496. The van der Waals surface area contributed by atoms with Crippen LogP contribution in [-0.4, -0.2) is 73.1 Å². The van der Waals surface area contributed by atoms with Crippen LogP contribution in [0.4, 0.5) is 0 Å². The van der Waals surface area contributed by atoms with Crippen molar-refractivity contribution in [3.05, 3.63) is 35.4 Å². The molecule has 126 valence electrons. The van der Waals surface area contributed by atoms with Crippen molar-refractivity contribution in [2.75, 3.05) is 46.3 Å². The minimum absolute atomic E-state index is 0.760. The van der Waals surface area contributed by atoms with Gasteiger partial charge in [-0.15, -0.1) is 0 Å². The fraction of sp³-hybridized carbons (Fsp3) is 0.700. The van der Waals surface area contributed by atoms with Gasteiger partial charge in [-0.3, -0.25) is 4.90 Å². The van der Waals surface area contributed by atoms with Gasteiger partial charge in [-0.05, 0) is 63.4 Å². The molecule has 3 nitrogen and oxygen atoms in total. The Balaban J connectivity index is 1.22. The second-order valence-corrected chi connectivity index (χ2v) is 7.77. The van der Waals surface area contributed by atoms with Gasteiger partial charge < -0.3 is 9.80 Å². The van der Waals surface area contributed by atoms with Gasteiger partial charge >= 0.3 is 0 Å². The van der Waals surface area contributed by atoms with Gasteiger partial charge in [-0.1, -0.05) is 24.3 Å². The molecule has 0 N–H and O–H groups in total. The van der Waals surface area contributed by atoms with Crippen LogP contribution in [0.3, 0.4) is 0 Å². The van der Waals surface area contributed by atoms with Crippen LogP contribution < -0.4 is 0 Å². The Morgan fingerprint density at radius 1 is 0.957 bits per heavy atom. The van der Waals surface area contributed by atoms with Gasteiger partial charge in [0.1, 0.15) is 0 Å². The molecule has 2 fully saturated rings. The maximum absolute atomic E-state index is 2.75. The number of benzene rings is 1. The molecule has 0 bridgehead atoms. The minimum atomic E-state index is 0.760. The summed E-state index contributed by atoms with van der Waals surface area (Å²) < 4.78 is 0. The summed E-state index contributed by atoms with van der Waals surface area (Å²) in [6.45, 7) is 7.67. The molecule has 1 aromatic rings. The fourth-order valence-corrected chi connectivity index (χ4v) is 4.82. The van der Waals surface area contributed by atoms with Gasteiger partial charge in [0.25, 0.3) is 0 Å². The minimum Gasteiger partial charge on any atom is -0.303 e. The van der Waals surface area contributed by atoms with Crippen molar-refractivity contribution in [3.63, 3.8) is 0 Å².